The van der Waals surface area contributed by atoms with Crippen molar-refractivity contribution in [1.82, 2.24) is 14.4 Å². The Morgan fingerprint density at radius 3 is 2.86 bits per heavy atom. The van der Waals surface area contributed by atoms with Crippen molar-refractivity contribution in [3.05, 3.63) is 36.0 Å². The molecule has 1 aliphatic rings. The molecule has 21 heavy (non-hydrogen) atoms. The standard InChI is InChI=1S/C12H13N3O5S/c16-12(17)11-5-10(7-15(11)8-1-2-8)21(18,19)14-6-9-3-4-13-20-9/h3-5,7-8,14H,1-2,6H2,(H,16,17). The van der Waals surface area contributed by atoms with Gasteiger partial charge >= 0.3 is 5.97 Å². The average Bonchev–Trinajstić information content (AvgIpc) is 2.97. The summed E-state index contributed by atoms with van der Waals surface area (Å²) in [7, 11) is -3.80. The third-order valence-corrected chi connectivity index (χ3v) is 4.59. The second-order valence-electron chi connectivity index (χ2n) is 4.81. The summed E-state index contributed by atoms with van der Waals surface area (Å²) in [5, 5.41) is 12.6. The zero-order valence-corrected chi connectivity index (χ0v) is 11.7. The molecule has 1 fully saturated rings. The van der Waals surface area contributed by atoms with Crippen molar-refractivity contribution >= 4 is 16.0 Å². The van der Waals surface area contributed by atoms with Crippen molar-refractivity contribution in [2.75, 3.05) is 0 Å². The molecular weight excluding hydrogens is 298 g/mol. The van der Waals surface area contributed by atoms with Crippen LogP contribution in [0.2, 0.25) is 0 Å². The molecule has 2 aromatic heterocycles. The maximum Gasteiger partial charge on any atom is 0.352 e. The highest BCUT2D eigenvalue weighted by Gasteiger charge is 2.30. The first-order chi connectivity index (χ1) is 9.97. The third kappa shape index (κ3) is 2.83. The van der Waals surface area contributed by atoms with E-state index in [1.807, 2.05) is 0 Å². The predicted molar refractivity (Wildman–Crippen MR) is 70.2 cm³/mol. The van der Waals surface area contributed by atoms with Gasteiger partial charge in [-0.05, 0) is 18.9 Å². The molecule has 0 atom stereocenters. The van der Waals surface area contributed by atoms with Gasteiger partial charge in [0.1, 0.15) is 10.6 Å². The van der Waals surface area contributed by atoms with Crippen LogP contribution in [0.1, 0.15) is 35.1 Å². The summed E-state index contributed by atoms with van der Waals surface area (Å²) in [5.74, 6) is -0.766. The molecule has 0 unspecified atom stereocenters. The van der Waals surface area contributed by atoms with E-state index in [0.717, 1.165) is 12.8 Å². The van der Waals surface area contributed by atoms with Crippen LogP contribution in [0, 0.1) is 0 Å². The Balaban J connectivity index is 1.84. The molecule has 0 radical (unpaired) electrons. The van der Waals surface area contributed by atoms with Gasteiger partial charge in [0.15, 0.2) is 5.76 Å². The fourth-order valence-electron chi connectivity index (χ4n) is 2.01. The van der Waals surface area contributed by atoms with E-state index in [-0.39, 0.29) is 23.2 Å². The normalized spacial score (nSPS) is 15.2. The lowest BCUT2D eigenvalue weighted by molar-refractivity contribution is 0.0685. The van der Waals surface area contributed by atoms with Crippen molar-refractivity contribution in [2.45, 2.75) is 30.3 Å². The zero-order valence-electron chi connectivity index (χ0n) is 10.9. The maximum absolute atomic E-state index is 12.2. The van der Waals surface area contributed by atoms with Crippen LogP contribution in [-0.4, -0.2) is 29.2 Å². The molecule has 2 N–H and O–H groups in total. The van der Waals surface area contributed by atoms with Gasteiger partial charge in [0.25, 0.3) is 0 Å². The van der Waals surface area contributed by atoms with Crippen LogP contribution >= 0.6 is 0 Å². The van der Waals surface area contributed by atoms with Gasteiger partial charge in [-0.25, -0.2) is 17.9 Å². The first-order valence-corrected chi connectivity index (χ1v) is 7.80. The first kappa shape index (κ1) is 13.8. The van der Waals surface area contributed by atoms with Gasteiger partial charge in [0.05, 0.1) is 12.7 Å². The van der Waals surface area contributed by atoms with Crippen LogP contribution < -0.4 is 4.72 Å². The lowest BCUT2D eigenvalue weighted by atomic mass is 10.4. The Hall–Kier alpha value is -2.13. The summed E-state index contributed by atoms with van der Waals surface area (Å²) in [5.41, 5.74) is -0.0162. The van der Waals surface area contributed by atoms with E-state index in [4.69, 9.17) is 9.63 Å². The molecule has 0 aromatic carbocycles. The summed E-state index contributed by atoms with van der Waals surface area (Å²) >= 11 is 0. The molecule has 2 aromatic rings. The lowest BCUT2D eigenvalue weighted by Crippen LogP contribution is -2.22. The highest BCUT2D eigenvalue weighted by atomic mass is 32.2. The number of aromatic carboxylic acids is 1. The number of nitrogens with zero attached hydrogens (tertiary/aromatic N) is 2. The van der Waals surface area contributed by atoms with Crippen LogP contribution in [0.25, 0.3) is 0 Å². The number of carbonyl (C=O) groups is 1. The van der Waals surface area contributed by atoms with Crippen molar-refractivity contribution < 1.29 is 22.8 Å². The molecule has 0 amide bonds. The van der Waals surface area contributed by atoms with Crippen molar-refractivity contribution in [3.8, 4) is 0 Å². The monoisotopic (exact) mass is 311 g/mol. The zero-order chi connectivity index (χ0) is 15.0. The molecule has 3 rings (SSSR count). The Morgan fingerprint density at radius 1 is 1.52 bits per heavy atom. The minimum Gasteiger partial charge on any atom is -0.477 e. The van der Waals surface area contributed by atoms with Crippen LogP contribution in [0.4, 0.5) is 0 Å². The maximum atomic E-state index is 12.2. The molecule has 1 aliphatic carbocycles. The van der Waals surface area contributed by atoms with Crippen LogP contribution in [-0.2, 0) is 16.6 Å². The highest BCUT2D eigenvalue weighted by Crippen LogP contribution is 2.37. The van der Waals surface area contributed by atoms with E-state index in [1.165, 1.54) is 23.0 Å². The molecule has 1 saturated carbocycles. The average molecular weight is 311 g/mol. The van der Waals surface area contributed by atoms with Crippen LogP contribution in [0.5, 0.6) is 0 Å². The van der Waals surface area contributed by atoms with Crippen molar-refractivity contribution in [3.63, 3.8) is 0 Å². The lowest BCUT2D eigenvalue weighted by Gasteiger charge is -2.03. The fraction of sp³-hybridized carbons (Fsp3) is 0.333. The summed E-state index contributed by atoms with van der Waals surface area (Å²) in [6, 6.07) is 2.79. The highest BCUT2D eigenvalue weighted by molar-refractivity contribution is 7.89. The number of carboxylic acids is 1. The Bertz CT molecular complexity index is 759. The quantitative estimate of drug-likeness (QED) is 0.822. The van der Waals surface area contributed by atoms with E-state index in [0.29, 0.717) is 5.76 Å². The molecule has 0 bridgehead atoms. The fourth-order valence-corrected chi connectivity index (χ4v) is 3.03. The van der Waals surface area contributed by atoms with Gasteiger partial charge < -0.3 is 14.2 Å². The van der Waals surface area contributed by atoms with Gasteiger partial charge in [0.2, 0.25) is 10.0 Å². The number of nitrogens with one attached hydrogen (secondary N) is 1. The predicted octanol–water partition coefficient (Wildman–Crippen LogP) is 0.988. The molecule has 9 heteroatoms. The van der Waals surface area contributed by atoms with Gasteiger partial charge in [-0.15, -0.1) is 0 Å². The molecule has 0 saturated heterocycles. The summed E-state index contributed by atoms with van der Waals surface area (Å²) in [6.07, 6.45) is 4.50. The number of carboxylic acid groups (broad SMARTS) is 1. The Kier molecular flexibility index (Phi) is 3.30. The molecule has 0 aliphatic heterocycles. The smallest absolute Gasteiger partial charge is 0.352 e. The van der Waals surface area contributed by atoms with E-state index in [9.17, 15) is 13.2 Å². The van der Waals surface area contributed by atoms with Crippen molar-refractivity contribution in [1.29, 1.82) is 0 Å². The van der Waals surface area contributed by atoms with Crippen LogP contribution in [0.3, 0.4) is 0 Å². The third-order valence-electron chi connectivity index (χ3n) is 3.22. The number of sulfonamides is 1. The molecule has 2 heterocycles. The summed E-state index contributed by atoms with van der Waals surface area (Å²) < 4.78 is 33.0. The molecular formula is C12H13N3O5S. The number of hydrogen-bond acceptors (Lipinski definition) is 5. The number of aromatic nitrogens is 2. The van der Waals surface area contributed by atoms with Crippen molar-refractivity contribution in [2.24, 2.45) is 0 Å². The summed E-state index contributed by atoms with van der Waals surface area (Å²) in [6.45, 7) is -0.0423. The second kappa shape index (κ2) is 5.01. The van der Waals surface area contributed by atoms with Gasteiger partial charge in [-0.2, -0.15) is 0 Å². The molecule has 112 valence electrons. The Labute approximate surface area is 120 Å². The molecule has 0 spiro atoms. The number of hydrogen-bond donors (Lipinski definition) is 2. The SMILES string of the molecule is O=C(O)c1cc(S(=O)(=O)NCc2ccno2)cn1C1CC1. The second-order valence-corrected chi connectivity index (χ2v) is 6.57. The molecule has 8 nitrogen and oxygen atoms in total. The first-order valence-electron chi connectivity index (χ1n) is 6.32. The minimum absolute atomic E-state index is 0.0162. The van der Waals surface area contributed by atoms with Gasteiger partial charge in [-0.1, -0.05) is 5.16 Å². The number of rotatable bonds is 6. The van der Waals surface area contributed by atoms with Crippen LogP contribution in [0.15, 0.2) is 33.9 Å². The topological polar surface area (TPSA) is 114 Å². The minimum atomic E-state index is -3.80. The van der Waals surface area contributed by atoms with E-state index in [1.54, 1.807) is 6.07 Å². The van der Waals surface area contributed by atoms with E-state index < -0.39 is 16.0 Å². The summed E-state index contributed by atoms with van der Waals surface area (Å²) in [4.78, 5) is 11.1. The largest absolute Gasteiger partial charge is 0.477 e. The van der Waals surface area contributed by atoms with E-state index >= 15 is 0 Å². The van der Waals surface area contributed by atoms with Gasteiger partial charge in [0, 0.05) is 18.3 Å². The van der Waals surface area contributed by atoms with E-state index in [2.05, 4.69) is 9.88 Å². The Morgan fingerprint density at radius 2 is 2.29 bits per heavy atom. The van der Waals surface area contributed by atoms with Gasteiger partial charge in [-0.3, -0.25) is 0 Å².